The standard InChI is InChI=1S/C13H13NO2/c1-2-7-16-9-10-8-13(15)14-12-6-4-3-5-11(10)12/h2-6,8H,1,7,9H2,(H,14,15). The van der Waals surface area contributed by atoms with E-state index in [2.05, 4.69) is 11.6 Å². The van der Waals surface area contributed by atoms with Gasteiger partial charge in [0.05, 0.1) is 13.2 Å². The molecule has 16 heavy (non-hydrogen) atoms. The van der Waals surface area contributed by atoms with Crippen molar-refractivity contribution in [2.24, 2.45) is 0 Å². The smallest absolute Gasteiger partial charge is 0.248 e. The van der Waals surface area contributed by atoms with Gasteiger partial charge in [-0.25, -0.2) is 0 Å². The second kappa shape index (κ2) is 4.77. The van der Waals surface area contributed by atoms with E-state index in [4.69, 9.17) is 4.74 Å². The lowest BCUT2D eigenvalue weighted by Crippen LogP contribution is -2.07. The van der Waals surface area contributed by atoms with Crippen molar-refractivity contribution < 1.29 is 4.74 Å². The highest BCUT2D eigenvalue weighted by atomic mass is 16.5. The van der Waals surface area contributed by atoms with Crippen molar-refractivity contribution in [2.45, 2.75) is 6.61 Å². The quantitative estimate of drug-likeness (QED) is 0.627. The molecule has 0 spiro atoms. The molecule has 0 saturated carbocycles. The number of H-pyrrole nitrogens is 1. The van der Waals surface area contributed by atoms with Crippen LogP contribution in [0.3, 0.4) is 0 Å². The van der Waals surface area contributed by atoms with Gasteiger partial charge in [0.1, 0.15) is 0 Å². The van der Waals surface area contributed by atoms with E-state index in [-0.39, 0.29) is 5.56 Å². The highest BCUT2D eigenvalue weighted by molar-refractivity contribution is 5.81. The summed E-state index contributed by atoms with van der Waals surface area (Å²) in [5.41, 5.74) is 1.64. The summed E-state index contributed by atoms with van der Waals surface area (Å²) in [5.74, 6) is 0. The van der Waals surface area contributed by atoms with Crippen LogP contribution in [0.1, 0.15) is 5.56 Å². The summed E-state index contributed by atoms with van der Waals surface area (Å²) in [6, 6.07) is 9.27. The van der Waals surface area contributed by atoms with Gasteiger partial charge in [-0.1, -0.05) is 24.3 Å². The summed E-state index contributed by atoms with van der Waals surface area (Å²) in [7, 11) is 0. The number of pyridine rings is 1. The van der Waals surface area contributed by atoms with Gasteiger partial charge < -0.3 is 9.72 Å². The number of nitrogens with one attached hydrogen (secondary N) is 1. The van der Waals surface area contributed by atoms with Gasteiger partial charge in [-0.3, -0.25) is 4.79 Å². The van der Waals surface area contributed by atoms with Crippen LogP contribution in [0.25, 0.3) is 10.9 Å². The van der Waals surface area contributed by atoms with Gasteiger partial charge in [0.15, 0.2) is 0 Å². The minimum absolute atomic E-state index is 0.101. The molecule has 82 valence electrons. The first kappa shape index (κ1) is 10.6. The fourth-order valence-corrected chi connectivity index (χ4v) is 1.65. The molecular formula is C13H13NO2. The van der Waals surface area contributed by atoms with Crippen LogP contribution in [0.15, 0.2) is 47.8 Å². The Labute approximate surface area is 93.4 Å². The van der Waals surface area contributed by atoms with Crippen LogP contribution in [-0.2, 0) is 11.3 Å². The first-order valence-corrected chi connectivity index (χ1v) is 5.11. The van der Waals surface area contributed by atoms with E-state index >= 15 is 0 Å². The number of hydrogen-bond donors (Lipinski definition) is 1. The highest BCUT2D eigenvalue weighted by Gasteiger charge is 2.02. The van der Waals surface area contributed by atoms with Gasteiger partial charge in [0.25, 0.3) is 0 Å². The molecule has 0 saturated heterocycles. The average molecular weight is 215 g/mol. The monoisotopic (exact) mass is 215 g/mol. The lowest BCUT2D eigenvalue weighted by molar-refractivity contribution is 0.150. The van der Waals surface area contributed by atoms with E-state index in [9.17, 15) is 4.79 Å². The third-order valence-electron chi connectivity index (χ3n) is 2.33. The lowest BCUT2D eigenvalue weighted by atomic mass is 10.1. The first-order chi connectivity index (χ1) is 7.81. The molecule has 0 aliphatic heterocycles. The van der Waals surface area contributed by atoms with E-state index in [1.54, 1.807) is 12.1 Å². The molecule has 3 heteroatoms. The zero-order chi connectivity index (χ0) is 11.4. The Kier molecular flexibility index (Phi) is 3.17. The molecular weight excluding hydrogens is 202 g/mol. The second-order valence-corrected chi connectivity index (χ2v) is 3.51. The van der Waals surface area contributed by atoms with Crippen molar-refractivity contribution in [2.75, 3.05) is 6.61 Å². The molecule has 1 aromatic heterocycles. The number of benzene rings is 1. The summed E-state index contributed by atoms with van der Waals surface area (Å²) in [6.45, 7) is 4.49. The summed E-state index contributed by atoms with van der Waals surface area (Å²) >= 11 is 0. The molecule has 0 bridgehead atoms. The molecule has 0 radical (unpaired) electrons. The number of aromatic nitrogens is 1. The van der Waals surface area contributed by atoms with Crippen molar-refractivity contribution in [1.82, 2.24) is 4.98 Å². The zero-order valence-electron chi connectivity index (χ0n) is 8.90. The lowest BCUT2D eigenvalue weighted by Gasteiger charge is -2.05. The van der Waals surface area contributed by atoms with Crippen LogP contribution >= 0.6 is 0 Å². The Morgan fingerprint density at radius 1 is 1.38 bits per heavy atom. The number of aromatic amines is 1. The van der Waals surface area contributed by atoms with E-state index in [1.165, 1.54) is 0 Å². The van der Waals surface area contributed by atoms with Gasteiger partial charge in [-0.2, -0.15) is 0 Å². The second-order valence-electron chi connectivity index (χ2n) is 3.51. The molecule has 0 fully saturated rings. The third kappa shape index (κ3) is 2.20. The Balaban J connectivity index is 2.42. The minimum Gasteiger partial charge on any atom is -0.373 e. The van der Waals surface area contributed by atoms with E-state index in [0.717, 1.165) is 16.5 Å². The van der Waals surface area contributed by atoms with Crippen LogP contribution in [0.2, 0.25) is 0 Å². The van der Waals surface area contributed by atoms with Crippen molar-refractivity contribution in [1.29, 1.82) is 0 Å². The van der Waals surface area contributed by atoms with Crippen molar-refractivity contribution in [3.05, 3.63) is 58.9 Å². The van der Waals surface area contributed by atoms with Gasteiger partial charge in [-0.05, 0) is 11.6 Å². The number of fused-ring (bicyclic) bond motifs is 1. The maximum Gasteiger partial charge on any atom is 0.248 e. The molecule has 2 rings (SSSR count). The third-order valence-corrected chi connectivity index (χ3v) is 2.33. The molecule has 1 N–H and O–H groups in total. The maximum absolute atomic E-state index is 11.4. The molecule has 1 heterocycles. The molecule has 2 aromatic rings. The molecule has 0 atom stereocenters. The van der Waals surface area contributed by atoms with Crippen molar-refractivity contribution in [3.63, 3.8) is 0 Å². The largest absolute Gasteiger partial charge is 0.373 e. The van der Waals surface area contributed by atoms with Crippen molar-refractivity contribution in [3.8, 4) is 0 Å². The van der Waals surface area contributed by atoms with Gasteiger partial charge in [0.2, 0.25) is 5.56 Å². The number of ether oxygens (including phenoxy) is 1. The predicted molar refractivity (Wildman–Crippen MR) is 64.4 cm³/mol. The van der Waals surface area contributed by atoms with Crippen LogP contribution in [-0.4, -0.2) is 11.6 Å². The fraction of sp³-hybridized carbons (Fsp3) is 0.154. The maximum atomic E-state index is 11.4. The molecule has 3 nitrogen and oxygen atoms in total. The van der Waals surface area contributed by atoms with Crippen LogP contribution in [0.4, 0.5) is 0 Å². The Morgan fingerprint density at radius 3 is 3.00 bits per heavy atom. The normalized spacial score (nSPS) is 10.5. The number of para-hydroxylation sites is 1. The van der Waals surface area contributed by atoms with E-state index in [0.29, 0.717) is 13.2 Å². The number of hydrogen-bond acceptors (Lipinski definition) is 2. The molecule has 0 amide bonds. The number of rotatable bonds is 4. The summed E-state index contributed by atoms with van der Waals surface area (Å²) < 4.78 is 5.36. The SMILES string of the molecule is C=CCOCc1cc(=O)[nH]c2ccccc12. The summed E-state index contributed by atoms with van der Waals surface area (Å²) in [4.78, 5) is 14.2. The average Bonchev–Trinajstić information content (AvgIpc) is 2.29. The molecule has 1 aromatic carbocycles. The molecule has 0 unspecified atom stereocenters. The van der Waals surface area contributed by atoms with E-state index in [1.807, 2.05) is 24.3 Å². The van der Waals surface area contributed by atoms with Crippen LogP contribution in [0, 0.1) is 0 Å². The summed E-state index contributed by atoms with van der Waals surface area (Å²) in [6.07, 6.45) is 1.69. The van der Waals surface area contributed by atoms with E-state index < -0.39 is 0 Å². The topological polar surface area (TPSA) is 42.1 Å². The minimum atomic E-state index is -0.101. The Bertz CT molecular complexity index is 557. The van der Waals surface area contributed by atoms with Gasteiger partial charge in [-0.15, -0.1) is 6.58 Å². The highest BCUT2D eigenvalue weighted by Crippen LogP contribution is 2.15. The van der Waals surface area contributed by atoms with Gasteiger partial charge >= 0.3 is 0 Å². The molecule has 0 aliphatic rings. The van der Waals surface area contributed by atoms with Crippen molar-refractivity contribution >= 4 is 10.9 Å². The Hall–Kier alpha value is -1.87. The van der Waals surface area contributed by atoms with Gasteiger partial charge in [0, 0.05) is 17.0 Å². The first-order valence-electron chi connectivity index (χ1n) is 5.11. The zero-order valence-corrected chi connectivity index (χ0v) is 8.90. The fourth-order valence-electron chi connectivity index (χ4n) is 1.65. The Morgan fingerprint density at radius 2 is 2.19 bits per heavy atom. The molecule has 0 aliphatic carbocycles. The van der Waals surface area contributed by atoms with Crippen LogP contribution in [0.5, 0.6) is 0 Å². The summed E-state index contributed by atoms with van der Waals surface area (Å²) in [5, 5.41) is 1.02. The predicted octanol–water partition coefficient (Wildman–Crippen LogP) is 2.23. The van der Waals surface area contributed by atoms with Crippen LogP contribution < -0.4 is 5.56 Å².